The summed E-state index contributed by atoms with van der Waals surface area (Å²) >= 11 is 0. The first kappa shape index (κ1) is 19.7. The minimum atomic E-state index is -0.406. The van der Waals surface area contributed by atoms with E-state index in [0.717, 1.165) is 42.7 Å². The highest BCUT2D eigenvalue weighted by atomic mass is 16.5. The third kappa shape index (κ3) is 4.51. The van der Waals surface area contributed by atoms with Crippen LogP contribution in [0.15, 0.2) is 54.6 Å². The number of benzene rings is 2. The maximum Gasteiger partial charge on any atom is 0.259 e. The molecule has 0 aliphatic carbocycles. The third-order valence-corrected chi connectivity index (χ3v) is 5.08. The van der Waals surface area contributed by atoms with E-state index < -0.39 is 5.91 Å². The average molecular weight is 404 g/mol. The van der Waals surface area contributed by atoms with Crippen LogP contribution in [0.25, 0.3) is 10.9 Å². The highest BCUT2D eigenvalue weighted by Gasteiger charge is 2.22. The van der Waals surface area contributed by atoms with E-state index in [9.17, 15) is 9.59 Å². The zero-order chi connectivity index (χ0) is 20.9. The summed E-state index contributed by atoms with van der Waals surface area (Å²) in [5.74, 6) is 0.740. The lowest BCUT2D eigenvalue weighted by atomic mass is 10.1. The Kier molecular flexibility index (Phi) is 5.79. The monoisotopic (exact) mass is 404 g/mol. The van der Waals surface area contributed by atoms with Gasteiger partial charge in [0.05, 0.1) is 24.1 Å². The number of aromatic nitrogens is 1. The fourth-order valence-electron chi connectivity index (χ4n) is 3.55. The molecule has 0 saturated carbocycles. The summed E-state index contributed by atoms with van der Waals surface area (Å²) < 4.78 is 5.47. The van der Waals surface area contributed by atoms with Gasteiger partial charge in [0.2, 0.25) is 5.91 Å². The van der Waals surface area contributed by atoms with Crippen LogP contribution in [-0.4, -0.2) is 36.5 Å². The minimum Gasteiger partial charge on any atom is -0.493 e. The van der Waals surface area contributed by atoms with Crippen LogP contribution >= 0.6 is 0 Å². The van der Waals surface area contributed by atoms with Crippen molar-refractivity contribution in [3.8, 4) is 5.75 Å². The topological polar surface area (TPSA) is 97.6 Å². The molecule has 0 radical (unpaired) electrons. The van der Waals surface area contributed by atoms with E-state index in [1.165, 1.54) is 0 Å². The molecule has 4 rings (SSSR count). The van der Waals surface area contributed by atoms with Gasteiger partial charge in [-0.05, 0) is 49.2 Å². The first-order chi connectivity index (χ1) is 14.6. The van der Waals surface area contributed by atoms with Gasteiger partial charge in [0.1, 0.15) is 11.6 Å². The molecule has 2 aromatic carbocycles. The number of nitrogens with one attached hydrogen (secondary N) is 1. The van der Waals surface area contributed by atoms with E-state index in [-0.39, 0.29) is 18.9 Å². The molecule has 0 spiro atoms. The maximum absolute atomic E-state index is 13.1. The Morgan fingerprint density at radius 2 is 1.80 bits per heavy atom. The fraction of sp³-hybridized carbons (Fsp3) is 0.261. The Balaban J connectivity index is 1.53. The van der Waals surface area contributed by atoms with Gasteiger partial charge in [0, 0.05) is 24.2 Å². The smallest absolute Gasteiger partial charge is 0.259 e. The quantitative estimate of drug-likeness (QED) is 0.629. The lowest BCUT2D eigenvalue weighted by molar-refractivity contribution is -0.118. The number of hydrogen-bond donors (Lipinski definition) is 2. The predicted molar refractivity (Wildman–Crippen MR) is 117 cm³/mol. The van der Waals surface area contributed by atoms with E-state index in [1.807, 2.05) is 30.3 Å². The summed E-state index contributed by atoms with van der Waals surface area (Å²) in [6.07, 6.45) is 2.37. The van der Waals surface area contributed by atoms with Crippen molar-refractivity contribution in [1.29, 1.82) is 0 Å². The van der Waals surface area contributed by atoms with Crippen molar-refractivity contribution in [2.24, 2.45) is 5.73 Å². The normalized spacial score (nSPS) is 13.4. The van der Waals surface area contributed by atoms with E-state index in [4.69, 9.17) is 15.5 Å². The molecule has 1 saturated heterocycles. The zero-order valence-corrected chi connectivity index (χ0v) is 16.6. The second-order valence-corrected chi connectivity index (χ2v) is 7.29. The van der Waals surface area contributed by atoms with Gasteiger partial charge in [0.25, 0.3) is 5.91 Å². The van der Waals surface area contributed by atoms with Crippen LogP contribution in [0.2, 0.25) is 0 Å². The summed E-state index contributed by atoms with van der Waals surface area (Å²) in [5, 5.41) is 3.89. The van der Waals surface area contributed by atoms with Gasteiger partial charge in [-0.25, -0.2) is 4.98 Å². The zero-order valence-electron chi connectivity index (χ0n) is 16.6. The number of ether oxygens (including phenoxy) is 1. The van der Waals surface area contributed by atoms with Gasteiger partial charge in [-0.3, -0.25) is 9.59 Å². The number of carbonyl (C=O) groups excluding carboxylic acids is 2. The molecule has 0 bridgehead atoms. The Morgan fingerprint density at radius 3 is 2.53 bits per heavy atom. The molecular formula is C23H24N4O3. The summed E-state index contributed by atoms with van der Waals surface area (Å²) in [6, 6.07) is 16.8. The molecule has 30 heavy (non-hydrogen) atoms. The summed E-state index contributed by atoms with van der Waals surface area (Å²) in [5.41, 5.74) is 7.21. The number of primary amides is 1. The van der Waals surface area contributed by atoms with Crippen molar-refractivity contribution in [1.82, 2.24) is 4.98 Å². The van der Waals surface area contributed by atoms with Crippen LogP contribution in [0.1, 0.15) is 29.6 Å². The SMILES string of the molecule is NC(=O)CCOc1ccc(NC(=O)c2cc3ccccc3nc2N2CCCC2)cc1. The molecule has 2 heterocycles. The molecule has 7 nitrogen and oxygen atoms in total. The molecular weight excluding hydrogens is 380 g/mol. The number of pyridine rings is 1. The van der Waals surface area contributed by atoms with E-state index in [2.05, 4.69) is 10.2 Å². The summed E-state index contributed by atoms with van der Waals surface area (Å²) in [7, 11) is 0. The number of hydrogen-bond acceptors (Lipinski definition) is 5. The van der Waals surface area contributed by atoms with Gasteiger partial charge in [-0.2, -0.15) is 0 Å². The number of anilines is 2. The molecule has 7 heteroatoms. The molecule has 0 unspecified atom stereocenters. The van der Waals surface area contributed by atoms with Gasteiger partial charge in [0.15, 0.2) is 0 Å². The predicted octanol–water partition coefficient (Wildman–Crippen LogP) is 3.34. The van der Waals surface area contributed by atoms with Crippen molar-refractivity contribution >= 4 is 34.2 Å². The number of amides is 2. The van der Waals surface area contributed by atoms with Crippen LogP contribution in [0.4, 0.5) is 11.5 Å². The molecule has 3 aromatic rings. The standard InChI is InChI=1S/C23H24N4O3/c24-21(28)11-14-30-18-9-7-17(8-10-18)25-23(29)19-15-16-5-1-2-6-20(16)26-22(19)27-12-3-4-13-27/h1-2,5-10,15H,3-4,11-14H2,(H2,24,28)(H,25,29). The Bertz CT molecular complexity index is 1060. The van der Waals surface area contributed by atoms with Crippen molar-refractivity contribution in [2.45, 2.75) is 19.3 Å². The van der Waals surface area contributed by atoms with Gasteiger partial charge in [-0.15, -0.1) is 0 Å². The van der Waals surface area contributed by atoms with Crippen LogP contribution in [0, 0.1) is 0 Å². The Morgan fingerprint density at radius 1 is 1.07 bits per heavy atom. The molecule has 154 valence electrons. The lowest BCUT2D eigenvalue weighted by Crippen LogP contribution is -2.24. The van der Waals surface area contributed by atoms with Gasteiger partial charge < -0.3 is 20.7 Å². The summed E-state index contributed by atoms with van der Waals surface area (Å²) in [6.45, 7) is 2.04. The molecule has 1 aliphatic rings. The number of rotatable bonds is 7. The molecule has 1 aromatic heterocycles. The van der Waals surface area contributed by atoms with E-state index in [1.54, 1.807) is 24.3 Å². The van der Waals surface area contributed by atoms with Crippen LogP contribution in [-0.2, 0) is 4.79 Å². The molecule has 2 amide bonds. The van der Waals surface area contributed by atoms with E-state index in [0.29, 0.717) is 17.0 Å². The van der Waals surface area contributed by atoms with Crippen LogP contribution < -0.4 is 20.7 Å². The van der Waals surface area contributed by atoms with Gasteiger partial charge in [-0.1, -0.05) is 18.2 Å². The average Bonchev–Trinajstić information content (AvgIpc) is 3.28. The second kappa shape index (κ2) is 8.82. The third-order valence-electron chi connectivity index (χ3n) is 5.08. The second-order valence-electron chi connectivity index (χ2n) is 7.29. The summed E-state index contributed by atoms with van der Waals surface area (Å²) in [4.78, 5) is 30.9. The number of nitrogens with two attached hydrogens (primary N) is 1. The molecule has 1 aliphatic heterocycles. The fourth-order valence-corrected chi connectivity index (χ4v) is 3.55. The number of nitrogens with zero attached hydrogens (tertiary/aromatic N) is 2. The van der Waals surface area contributed by atoms with Crippen molar-refractivity contribution in [2.75, 3.05) is 29.9 Å². The number of carbonyl (C=O) groups is 2. The molecule has 1 fully saturated rings. The first-order valence-corrected chi connectivity index (χ1v) is 10.1. The highest BCUT2D eigenvalue weighted by Crippen LogP contribution is 2.27. The molecule has 3 N–H and O–H groups in total. The first-order valence-electron chi connectivity index (χ1n) is 10.1. The Hall–Kier alpha value is -3.61. The number of fused-ring (bicyclic) bond motifs is 1. The largest absolute Gasteiger partial charge is 0.493 e. The van der Waals surface area contributed by atoms with Crippen molar-refractivity contribution in [3.63, 3.8) is 0 Å². The minimum absolute atomic E-state index is 0.159. The van der Waals surface area contributed by atoms with Crippen LogP contribution in [0.5, 0.6) is 5.75 Å². The lowest BCUT2D eigenvalue weighted by Gasteiger charge is -2.20. The maximum atomic E-state index is 13.1. The Labute approximate surface area is 174 Å². The van der Waals surface area contributed by atoms with E-state index >= 15 is 0 Å². The van der Waals surface area contributed by atoms with Crippen molar-refractivity contribution in [3.05, 3.63) is 60.2 Å². The molecule has 0 atom stereocenters. The number of para-hydroxylation sites is 1. The van der Waals surface area contributed by atoms with Gasteiger partial charge >= 0.3 is 0 Å². The highest BCUT2D eigenvalue weighted by molar-refractivity contribution is 6.09. The van der Waals surface area contributed by atoms with Crippen LogP contribution in [0.3, 0.4) is 0 Å². The van der Waals surface area contributed by atoms with Crippen molar-refractivity contribution < 1.29 is 14.3 Å².